The van der Waals surface area contributed by atoms with Gasteiger partial charge in [0.05, 0.1) is 6.54 Å². The van der Waals surface area contributed by atoms with Gasteiger partial charge < -0.3 is 10.3 Å². The van der Waals surface area contributed by atoms with Crippen molar-refractivity contribution in [3.05, 3.63) is 5.49 Å². The van der Waals surface area contributed by atoms with E-state index in [9.17, 15) is 4.55 Å². The predicted octanol–water partition coefficient (Wildman–Crippen LogP) is 0.356. The second-order valence-electron chi connectivity index (χ2n) is 4.11. The minimum Gasteiger partial charge on any atom is -0.548 e. The monoisotopic (exact) mass is 269 g/mol. The van der Waals surface area contributed by atoms with Crippen LogP contribution in [0, 0.1) is 11.8 Å². The minimum atomic E-state index is -1.44. The summed E-state index contributed by atoms with van der Waals surface area (Å²) in [6, 6.07) is 0. The summed E-state index contributed by atoms with van der Waals surface area (Å²) in [5.74, 6) is 6.41. The maximum atomic E-state index is 11.0. The van der Waals surface area contributed by atoms with E-state index >= 15 is 0 Å². The first kappa shape index (κ1) is 14.7. The van der Waals surface area contributed by atoms with Crippen LogP contribution in [0.2, 0.25) is 0 Å². The largest absolute Gasteiger partial charge is 0.548 e. The number of nitrogen functional groups attached to an aromatic ring is 1. The second-order valence-corrected chi connectivity index (χ2v) is 4.99. The van der Waals surface area contributed by atoms with Crippen LogP contribution in [0.25, 0.3) is 0 Å². The highest BCUT2D eigenvalue weighted by molar-refractivity contribution is 7.13. The highest BCUT2D eigenvalue weighted by Gasteiger charge is 2.01. The van der Waals surface area contributed by atoms with Crippen molar-refractivity contribution in [2.24, 2.45) is 4.99 Å². The van der Waals surface area contributed by atoms with Crippen molar-refractivity contribution in [3.8, 4) is 11.8 Å². The average Bonchev–Trinajstić information content (AvgIpc) is 2.61. The van der Waals surface area contributed by atoms with Crippen LogP contribution in [0.5, 0.6) is 0 Å². The van der Waals surface area contributed by atoms with Crippen molar-refractivity contribution in [1.29, 1.82) is 0 Å². The van der Waals surface area contributed by atoms with Gasteiger partial charge in [-0.25, -0.2) is 0 Å². The molecule has 100 valence electrons. The Morgan fingerprint density at radius 3 is 2.83 bits per heavy atom. The lowest BCUT2D eigenvalue weighted by Gasteiger charge is -2.00. The fourth-order valence-corrected chi connectivity index (χ4v) is 1.87. The molecule has 1 unspecified atom stereocenters. The van der Waals surface area contributed by atoms with Gasteiger partial charge in [0, 0.05) is 17.3 Å². The number of nitrogens with two attached hydrogens (primary N) is 1. The second kappa shape index (κ2) is 7.87. The predicted molar refractivity (Wildman–Crippen MR) is 72.3 cm³/mol. The standard InChI is InChI=1S/C11H19N5OS/c1-16(2)9-7-5-3-4-6-8-13-11-10(12)14-18(17)15-11/h3-4,6,8-9H2,1-2H3,(H2,12,14)(H,13,15). The third kappa shape index (κ3) is 5.82. The van der Waals surface area contributed by atoms with Crippen LogP contribution >= 0.6 is 11.1 Å². The van der Waals surface area contributed by atoms with Gasteiger partial charge in [0.15, 0.2) is 11.1 Å². The minimum absolute atomic E-state index is 0.221. The molecule has 1 atom stereocenters. The molecule has 0 saturated heterocycles. The maximum Gasteiger partial charge on any atom is 0.229 e. The number of nitrogens with zero attached hydrogens (tertiary/aromatic N) is 3. The van der Waals surface area contributed by atoms with Gasteiger partial charge in [-0.05, 0) is 26.9 Å². The molecule has 0 fully saturated rings. The molecule has 0 aliphatic rings. The molecule has 0 radical (unpaired) electrons. The lowest BCUT2D eigenvalue weighted by atomic mass is 10.2. The lowest BCUT2D eigenvalue weighted by molar-refractivity contribution is 0.463. The Labute approximate surface area is 110 Å². The van der Waals surface area contributed by atoms with Gasteiger partial charge in [0.25, 0.3) is 0 Å². The van der Waals surface area contributed by atoms with Gasteiger partial charge in [-0.1, -0.05) is 5.92 Å². The zero-order valence-corrected chi connectivity index (χ0v) is 11.6. The van der Waals surface area contributed by atoms with E-state index in [4.69, 9.17) is 5.73 Å². The molecule has 1 aromatic rings. The molecule has 1 rings (SSSR count). The molecule has 0 aliphatic carbocycles. The molecule has 0 aromatic carbocycles. The van der Waals surface area contributed by atoms with E-state index in [0.717, 1.165) is 25.8 Å². The molecular weight excluding hydrogens is 250 g/mol. The molecule has 0 spiro atoms. The van der Waals surface area contributed by atoms with E-state index in [2.05, 4.69) is 25.6 Å². The molecule has 0 saturated carbocycles. The Morgan fingerprint density at radius 1 is 1.44 bits per heavy atom. The SMILES string of the molecule is CN(C)CC#CCCCCN=c1[nH][s+]([O-])nc1N. The number of unbranched alkanes of at least 4 members (excludes halogenated alkanes) is 2. The fourth-order valence-electron chi connectivity index (χ4n) is 1.22. The summed E-state index contributed by atoms with van der Waals surface area (Å²) in [4.78, 5) is 6.24. The van der Waals surface area contributed by atoms with E-state index in [0.29, 0.717) is 12.0 Å². The number of rotatable bonds is 5. The number of hydrogen-bond acceptors (Lipinski definition) is 5. The molecule has 0 amide bonds. The zero-order valence-electron chi connectivity index (χ0n) is 10.8. The van der Waals surface area contributed by atoms with Gasteiger partial charge in [0.2, 0.25) is 11.3 Å². The Morgan fingerprint density at radius 2 is 2.22 bits per heavy atom. The van der Waals surface area contributed by atoms with E-state index in [1.165, 1.54) is 0 Å². The lowest BCUT2D eigenvalue weighted by Crippen LogP contribution is -2.10. The first-order valence-corrected chi connectivity index (χ1v) is 6.88. The summed E-state index contributed by atoms with van der Waals surface area (Å²) in [6.07, 6.45) is 2.81. The van der Waals surface area contributed by atoms with Crippen molar-refractivity contribution in [3.63, 3.8) is 0 Å². The van der Waals surface area contributed by atoms with Gasteiger partial charge in [-0.15, -0.1) is 10.3 Å². The number of aromatic nitrogens is 2. The van der Waals surface area contributed by atoms with Crippen LogP contribution in [0.1, 0.15) is 19.3 Å². The van der Waals surface area contributed by atoms with Crippen LogP contribution in [0.4, 0.5) is 5.82 Å². The Balaban J connectivity index is 2.21. The van der Waals surface area contributed by atoms with Crippen molar-refractivity contribution < 1.29 is 4.55 Å². The highest BCUT2D eigenvalue weighted by Crippen LogP contribution is 1.99. The molecule has 1 heterocycles. The van der Waals surface area contributed by atoms with E-state index in [-0.39, 0.29) is 5.82 Å². The summed E-state index contributed by atoms with van der Waals surface area (Å²) >= 11 is -1.44. The van der Waals surface area contributed by atoms with E-state index in [1.54, 1.807) is 0 Å². The Hall–Kier alpha value is -1.36. The number of H-pyrrole nitrogens is 1. The molecule has 1 aromatic heterocycles. The topological polar surface area (TPSA) is 93.4 Å². The summed E-state index contributed by atoms with van der Waals surface area (Å²) in [6.45, 7) is 1.44. The molecule has 6 nitrogen and oxygen atoms in total. The number of hydrogen-bond donors (Lipinski definition) is 2. The van der Waals surface area contributed by atoms with Crippen molar-refractivity contribution in [2.45, 2.75) is 19.3 Å². The number of aromatic amines is 1. The van der Waals surface area contributed by atoms with Crippen LogP contribution in [0.3, 0.4) is 0 Å². The summed E-state index contributed by atoms with van der Waals surface area (Å²) in [5, 5.41) is 0. The third-order valence-corrected chi connectivity index (χ3v) is 2.84. The molecule has 0 bridgehead atoms. The van der Waals surface area contributed by atoms with E-state index < -0.39 is 11.1 Å². The van der Waals surface area contributed by atoms with Gasteiger partial charge in [-0.2, -0.15) is 0 Å². The van der Waals surface area contributed by atoms with Crippen LogP contribution in [-0.4, -0.2) is 45.4 Å². The molecule has 0 aliphatic heterocycles. The van der Waals surface area contributed by atoms with Gasteiger partial charge >= 0.3 is 0 Å². The summed E-state index contributed by atoms with van der Waals surface area (Å²) < 4.78 is 17.2. The maximum absolute atomic E-state index is 11.0. The summed E-state index contributed by atoms with van der Waals surface area (Å²) in [7, 11) is 3.99. The van der Waals surface area contributed by atoms with E-state index in [1.807, 2.05) is 19.0 Å². The van der Waals surface area contributed by atoms with Crippen molar-refractivity contribution >= 4 is 17.0 Å². The third-order valence-electron chi connectivity index (χ3n) is 2.11. The average molecular weight is 269 g/mol. The first-order valence-electron chi connectivity index (χ1n) is 5.77. The normalized spacial score (nSPS) is 12.7. The van der Waals surface area contributed by atoms with Crippen molar-refractivity contribution in [1.82, 2.24) is 13.6 Å². The van der Waals surface area contributed by atoms with Crippen molar-refractivity contribution in [2.75, 3.05) is 32.9 Å². The fraction of sp³-hybridized carbons (Fsp3) is 0.636. The Bertz CT molecular complexity index is 480. The molecule has 7 heteroatoms. The van der Waals surface area contributed by atoms with Gasteiger partial charge in [-0.3, -0.25) is 9.89 Å². The first-order chi connectivity index (χ1) is 8.59. The van der Waals surface area contributed by atoms with Crippen LogP contribution in [-0.2, 0) is 0 Å². The summed E-state index contributed by atoms with van der Waals surface area (Å²) in [5.41, 5.74) is 5.95. The van der Waals surface area contributed by atoms with Crippen LogP contribution in [0.15, 0.2) is 4.99 Å². The quantitative estimate of drug-likeness (QED) is 0.458. The molecule has 18 heavy (non-hydrogen) atoms. The molecule has 3 N–H and O–H groups in total. The van der Waals surface area contributed by atoms with Crippen LogP contribution < -0.4 is 11.2 Å². The molecular formula is C11H19N5OS. The zero-order chi connectivity index (χ0) is 13.4. The van der Waals surface area contributed by atoms with Gasteiger partial charge in [0.1, 0.15) is 0 Å². The number of nitrogens with one attached hydrogen (secondary N) is 1. The smallest absolute Gasteiger partial charge is 0.229 e. The number of anilines is 1. The Kier molecular flexibility index (Phi) is 6.43. The highest BCUT2D eigenvalue weighted by atomic mass is 32.2.